The number of aromatic nitrogens is 3. The summed E-state index contributed by atoms with van der Waals surface area (Å²) in [6.07, 6.45) is 1.67. The van der Waals surface area contributed by atoms with Gasteiger partial charge < -0.3 is 35.8 Å². The number of carboxylic acids is 3. The summed E-state index contributed by atoms with van der Waals surface area (Å²) >= 11 is 0. The van der Waals surface area contributed by atoms with Crippen molar-refractivity contribution < 1.29 is 48.5 Å². The third-order valence-corrected chi connectivity index (χ3v) is 8.08. The first-order valence-electron chi connectivity index (χ1n) is 15.9. The van der Waals surface area contributed by atoms with Crippen LogP contribution in [0.5, 0.6) is 0 Å². The summed E-state index contributed by atoms with van der Waals surface area (Å²) in [4.78, 5) is 75.6. The molecular formula is C33H38FN7O9. The Kier molecular flexibility index (Phi) is 12.9. The van der Waals surface area contributed by atoms with Crippen molar-refractivity contribution in [1.82, 2.24) is 35.4 Å². The fourth-order valence-electron chi connectivity index (χ4n) is 5.28. The summed E-state index contributed by atoms with van der Waals surface area (Å²) in [6.45, 7) is 1.00. The number of aryl methyl sites for hydroxylation is 1. The van der Waals surface area contributed by atoms with E-state index in [1.165, 1.54) is 0 Å². The van der Waals surface area contributed by atoms with Crippen LogP contribution in [-0.2, 0) is 38.4 Å². The van der Waals surface area contributed by atoms with E-state index in [9.17, 15) is 43.4 Å². The predicted octanol–water partition coefficient (Wildman–Crippen LogP) is 1.31. The minimum absolute atomic E-state index is 0.0867. The number of hydrogen-bond donors (Lipinski definition) is 5. The van der Waals surface area contributed by atoms with Gasteiger partial charge in [0.15, 0.2) is 0 Å². The van der Waals surface area contributed by atoms with Crippen molar-refractivity contribution >= 4 is 35.8 Å². The van der Waals surface area contributed by atoms with Gasteiger partial charge >= 0.3 is 23.9 Å². The molecule has 2 aromatic carbocycles. The zero-order valence-electron chi connectivity index (χ0n) is 27.0. The van der Waals surface area contributed by atoms with Crippen LogP contribution in [0.15, 0.2) is 54.7 Å². The van der Waals surface area contributed by atoms with Crippen molar-refractivity contribution in [3.8, 4) is 5.69 Å². The maximum atomic E-state index is 13.1. The summed E-state index contributed by atoms with van der Waals surface area (Å²) in [7, 11) is 0. The standard InChI is InChI=1S/C33H38FN7O9/c34-13-1-2-24-20-41(38-37-24)25-9-7-23(8-10-25)30(45)40-16-14-39(15-17-40)28(42)19-22-5-3-21(4-6-22)18-27(32(48)49)36-33(50)35-26(31(46)47)11-12-29(43)44/h3-10,20,26-27H,1-2,11-19H2,(H,43,44)(H,46,47)(H,48,49)(H2,35,36,50)/t26-,27-/m0/s1. The van der Waals surface area contributed by atoms with Crippen LogP contribution < -0.4 is 10.6 Å². The minimum Gasteiger partial charge on any atom is -0.481 e. The molecule has 0 aliphatic carbocycles. The normalized spacial score (nSPS) is 14.0. The number of hydrogen-bond acceptors (Lipinski definition) is 8. The molecule has 0 unspecified atom stereocenters. The zero-order valence-corrected chi connectivity index (χ0v) is 27.0. The Morgan fingerprint density at radius 2 is 1.40 bits per heavy atom. The molecule has 17 heteroatoms. The number of aliphatic carboxylic acids is 3. The van der Waals surface area contributed by atoms with Gasteiger partial charge in [-0.2, -0.15) is 0 Å². The second-order valence-corrected chi connectivity index (χ2v) is 11.7. The monoisotopic (exact) mass is 695 g/mol. The third kappa shape index (κ3) is 10.6. The van der Waals surface area contributed by atoms with Crippen LogP contribution in [0.2, 0.25) is 0 Å². The van der Waals surface area contributed by atoms with Gasteiger partial charge in [-0.15, -0.1) is 5.10 Å². The van der Waals surface area contributed by atoms with Gasteiger partial charge in [-0.1, -0.05) is 29.5 Å². The Hall–Kier alpha value is -5.87. The lowest BCUT2D eigenvalue weighted by Gasteiger charge is -2.35. The Labute approximate surface area is 285 Å². The number of alkyl halides is 1. The Balaban J connectivity index is 1.24. The molecule has 5 N–H and O–H groups in total. The molecule has 0 bridgehead atoms. The Morgan fingerprint density at radius 1 is 0.800 bits per heavy atom. The number of piperazine rings is 1. The highest BCUT2D eigenvalue weighted by atomic mass is 19.1. The first-order valence-corrected chi connectivity index (χ1v) is 15.9. The largest absolute Gasteiger partial charge is 0.481 e. The number of rotatable bonds is 16. The summed E-state index contributed by atoms with van der Waals surface area (Å²) in [5.74, 6) is -4.35. The van der Waals surface area contributed by atoms with E-state index in [2.05, 4.69) is 20.9 Å². The average molecular weight is 696 g/mol. The molecule has 4 amide bonds. The van der Waals surface area contributed by atoms with Crippen molar-refractivity contribution in [1.29, 1.82) is 0 Å². The number of carboxylic acid groups (broad SMARTS) is 3. The van der Waals surface area contributed by atoms with E-state index in [4.69, 9.17) is 5.11 Å². The zero-order chi connectivity index (χ0) is 36.2. The molecule has 16 nitrogen and oxygen atoms in total. The lowest BCUT2D eigenvalue weighted by atomic mass is 10.0. The van der Waals surface area contributed by atoms with E-state index in [1.807, 2.05) is 0 Å². The van der Waals surface area contributed by atoms with E-state index in [0.29, 0.717) is 67.1 Å². The number of benzene rings is 2. The highest BCUT2D eigenvalue weighted by Gasteiger charge is 2.27. The quantitative estimate of drug-likeness (QED) is 0.144. The summed E-state index contributed by atoms with van der Waals surface area (Å²) in [6, 6.07) is 9.52. The van der Waals surface area contributed by atoms with Crippen molar-refractivity contribution in [3.05, 3.63) is 77.1 Å². The van der Waals surface area contributed by atoms with Gasteiger partial charge in [-0.3, -0.25) is 18.8 Å². The van der Waals surface area contributed by atoms with E-state index < -0.39 is 49.1 Å². The van der Waals surface area contributed by atoms with E-state index >= 15 is 0 Å². The van der Waals surface area contributed by atoms with Gasteiger partial charge in [-0.05, 0) is 54.7 Å². The summed E-state index contributed by atoms with van der Waals surface area (Å²) < 4.78 is 14.0. The van der Waals surface area contributed by atoms with Gasteiger partial charge in [-0.25, -0.2) is 19.1 Å². The van der Waals surface area contributed by atoms with Crippen LogP contribution in [0.1, 0.15) is 46.4 Å². The molecule has 50 heavy (non-hydrogen) atoms. The van der Waals surface area contributed by atoms with Gasteiger partial charge in [0.05, 0.1) is 30.7 Å². The van der Waals surface area contributed by atoms with Crippen molar-refractivity contribution in [2.45, 2.75) is 50.6 Å². The number of carbonyl (C=O) groups is 6. The molecule has 4 rings (SSSR count). The van der Waals surface area contributed by atoms with Crippen LogP contribution in [0.3, 0.4) is 0 Å². The topological polar surface area (TPSA) is 224 Å². The maximum absolute atomic E-state index is 13.1. The van der Waals surface area contributed by atoms with Crippen LogP contribution in [0.4, 0.5) is 9.18 Å². The van der Waals surface area contributed by atoms with Crippen LogP contribution in [0.25, 0.3) is 5.69 Å². The molecular weight excluding hydrogens is 657 g/mol. The SMILES string of the molecule is O=C(O)CC[C@H](NC(=O)N[C@@H](Cc1ccc(CC(=O)N2CCN(C(=O)c3ccc(-n4cc(CCCF)nn4)cc3)CC2)cc1)C(=O)O)C(=O)O. The fraction of sp³-hybridized carbons (Fsp3) is 0.394. The second kappa shape index (κ2) is 17.5. The second-order valence-electron chi connectivity index (χ2n) is 11.7. The average Bonchev–Trinajstić information content (AvgIpc) is 3.58. The number of carbonyl (C=O) groups excluding carboxylic acids is 3. The van der Waals surface area contributed by atoms with Crippen LogP contribution in [-0.4, -0.2) is 121 Å². The number of amides is 4. The molecule has 1 aromatic heterocycles. The first kappa shape index (κ1) is 37.0. The highest BCUT2D eigenvalue weighted by molar-refractivity contribution is 5.94. The molecule has 0 radical (unpaired) electrons. The van der Waals surface area contributed by atoms with E-state index in [0.717, 1.165) is 0 Å². The first-order chi connectivity index (χ1) is 23.9. The number of urea groups is 1. The van der Waals surface area contributed by atoms with Gasteiger partial charge in [0.1, 0.15) is 12.1 Å². The lowest BCUT2D eigenvalue weighted by Crippen LogP contribution is -2.51. The molecule has 0 saturated carbocycles. The van der Waals surface area contributed by atoms with Crippen molar-refractivity contribution in [3.63, 3.8) is 0 Å². The van der Waals surface area contributed by atoms with Crippen LogP contribution in [0, 0.1) is 0 Å². The number of nitrogens with one attached hydrogen (secondary N) is 2. The van der Waals surface area contributed by atoms with Crippen molar-refractivity contribution in [2.75, 3.05) is 32.9 Å². The molecule has 1 fully saturated rings. The molecule has 2 atom stereocenters. The highest BCUT2D eigenvalue weighted by Crippen LogP contribution is 2.15. The number of nitrogens with zero attached hydrogens (tertiary/aromatic N) is 5. The molecule has 0 spiro atoms. The van der Waals surface area contributed by atoms with E-state index in [1.54, 1.807) is 69.2 Å². The summed E-state index contributed by atoms with van der Waals surface area (Å²) in [5, 5.41) is 39.9. The Morgan fingerprint density at radius 3 is 2.00 bits per heavy atom. The molecule has 2 heterocycles. The van der Waals surface area contributed by atoms with Gasteiger partial charge in [0.25, 0.3) is 5.91 Å². The fourth-order valence-corrected chi connectivity index (χ4v) is 5.28. The van der Waals surface area contributed by atoms with Crippen LogP contribution >= 0.6 is 0 Å². The van der Waals surface area contributed by atoms with Gasteiger partial charge in [0.2, 0.25) is 5.91 Å². The van der Waals surface area contributed by atoms with E-state index in [-0.39, 0.29) is 31.1 Å². The lowest BCUT2D eigenvalue weighted by molar-refractivity contribution is -0.140. The molecule has 266 valence electrons. The van der Waals surface area contributed by atoms with Gasteiger partial charge in [0, 0.05) is 44.6 Å². The third-order valence-electron chi connectivity index (χ3n) is 8.08. The molecule has 1 saturated heterocycles. The van der Waals surface area contributed by atoms with Crippen molar-refractivity contribution in [2.24, 2.45) is 0 Å². The minimum atomic E-state index is -1.51. The molecule has 1 aliphatic heterocycles. The molecule has 3 aromatic rings. The maximum Gasteiger partial charge on any atom is 0.326 e. The predicted molar refractivity (Wildman–Crippen MR) is 173 cm³/mol. The Bertz CT molecular complexity index is 1670. The number of halogens is 1. The summed E-state index contributed by atoms with van der Waals surface area (Å²) in [5.41, 5.74) is 3.11. The smallest absolute Gasteiger partial charge is 0.326 e. The molecule has 1 aliphatic rings.